The van der Waals surface area contributed by atoms with Gasteiger partial charge < -0.3 is 9.31 Å². The van der Waals surface area contributed by atoms with E-state index < -0.39 is 24.2 Å². The Morgan fingerprint density at radius 2 is 1.56 bits per heavy atom. The monoisotopic (exact) mass is 380 g/mol. The highest BCUT2D eigenvalue weighted by atomic mass is 19.3. The molecule has 1 aromatic rings. The fourth-order valence-electron chi connectivity index (χ4n) is 3.56. The summed E-state index contributed by atoms with van der Waals surface area (Å²) in [6.45, 7) is 14.1. The van der Waals surface area contributed by atoms with Crippen LogP contribution in [0.25, 0.3) is 0 Å². The van der Waals surface area contributed by atoms with Gasteiger partial charge in [-0.1, -0.05) is 20.8 Å². The number of hydrogen-bond donors (Lipinski definition) is 0. The van der Waals surface area contributed by atoms with E-state index in [1.165, 1.54) is 0 Å². The molecule has 1 saturated heterocycles. The average Bonchev–Trinajstić information content (AvgIpc) is 2.74. The lowest BCUT2D eigenvalue weighted by atomic mass is 9.73. The molecule has 7 heteroatoms. The van der Waals surface area contributed by atoms with Crippen molar-refractivity contribution in [3.63, 3.8) is 0 Å². The molecule has 0 atom stereocenters. The number of hydrogen-bond acceptors (Lipinski definition) is 4. The molecule has 0 amide bonds. The molecule has 0 bridgehead atoms. The van der Waals surface area contributed by atoms with Crippen molar-refractivity contribution in [2.75, 3.05) is 0 Å². The standard InChI is InChI=1S/C20H31BF2N2O2/c1-17(2,3)16-24-12-14(21-26-18(4,5)19(6,7)27-21)15(25-16)13-8-10-20(22,23)11-9-13/h12-13H,8-11H2,1-7H3. The molecule has 1 saturated carbocycles. The molecule has 0 aromatic carbocycles. The molecule has 0 radical (unpaired) electrons. The molecule has 0 N–H and O–H groups in total. The van der Waals surface area contributed by atoms with Crippen LogP contribution in [0.5, 0.6) is 0 Å². The van der Waals surface area contributed by atoms with Crippen LogP contribution in [0.2, 0.25) is 0 Å². The molecular formula is C20H31BF2N2O2. The van der Waals surface area contributed by atoms with Crippen molar-refractivity contribution in [2.24, 2.45) is 0 Å². The second-order valence-electron chi connectivity index (χ2n) is 10.0. The molecular weight excluding hydrogens is 349 g/mol. The summed E-state index contributed by atoms with van der Waals surface area (Å²) in [5.74, 6) is -1.88. The quantitative estimate of drug-likeness (QED) is 0.715. The summed E-state index contributed by atoms with van der Waals surface area (Å²) in [4.78, 5) is 9.39. The van der Waals surface area contributed by atoms with Crippen molar-refractivity contribution < 1.29 is 18.1 Å². The van der Waals surface area contributed by atoms with Crippen molar-refractivity contribution >= 4 is 12.6 Å². The maximum atomic E-state index is 13.7. The van der Waals surface area contributed by atoms with Crippen molar-refractivity contribution in [3.8, 4) is 0 Å². The summed E-state index contributed by atoms with van der Waals surface area (Å²) in [5, 5.41) is 0. The van der Waals surface area contributed by atoms with Gasteiger partial charge in [-0.15, -0.1) is 0 Å². The molecule has 2 aliphatic rings. The largest absolute Gasteiger partial charge is 0.498 e. The third-order valence-corrected chi connectivity index (χ3v) is 6.13. The number of nitrogens with zero attached hydrogens (tertiary/aromatic N) is 2. The van der Waals surface area contributed by atoms with Crippen LogP contribution in [-0.2, 0) is 14.7 Å². The summed E-state index contributed by atoms with van der Waals surface area (Å²) in [6, 6.07) is 0. The van der Waals surface area contributed by atoms with Crippen molar-refractivity contribution in [1.82, 2.24) is 9.97 Å². The van der Waals surface area contributed by atoms with Gasteiger partial charge in [0, 0.05) is 41.5 Å². The summed E-state index contributed by atoms with van der Waals surface area (Å²) < 4.78 is 39.8. The van der Waals surface area contributed by atoms with Gasteiger partial charge in [0.15, 0.2) is 0 Å². The van der Waals surface area contributed by atoms with Crippen molar-refractivity contribution in [3.05, 3.63) is 17.7 Å². The van der Waals surface area contributed by atoms with E-state index in [-0.39, 0.29) is 24.2 Å². The van der Waals surface area contributed by atoms with Gasteiger partial charge in [0.05, 0.1) is 11.2 Å². The maximum absolute atomic E-state index is 13.7. The second kappa shape index (κ2) is 6.48. The Morgan fingerprint density at radius 3 is 2.04 bits per heavy atom. The van der Waals surface area contributed by atoms with Crippen LogP contribution in [0.3, 0.4) is 0 Å². The van der Waals surface area contributed by atoms with Gasteiger partial charge in [-0.2, -0.15) is 0 Å². The van der Waals surface area contributed by atoms with Crippen LogP contribution in [0, 0.1) is 0 Å². The van der Waals surface area contributed by atoms with E-state index in [2.05, 4.69) is 25.8 Å². The average molecular weight is 380 g/mol. The number of aromatic nitrogens is 2. The molecule has 0 unspecified atom stereocenters. The lowest BCUT2D eigenvalue weighted by Crippen LogP contribution is -2.41. The van der Waals surface area contributed by atoms with Crippen molar-refractivity contribution in [2.45, 2.75) is 103 Å². The zero-order chi connectivity index (χ0) is 20.3. The third kappa shape index (κ3) is 4.04. The number of halogens is 2. The number of rotatable bonds is 2. The first-order valence-corrected chi connectivity index (χ1v) is 9.83. The van der Waals surface area contributed by atoms with Crippen LogP contribution in [0.15, 0.2) is 6.20 Å². The second-order valence-corrected chi connectivity index (χ2v) is 10.0. The topological polar surface area (TPSA) is 44.2 Å². The first kappa shape index (κ1) is 20.7. The van der Waals surface area contributed by atoms with E-state index in [0.29, 0.717) is 12.8 Å². The fraction of sp³-hybridized carbons (Fsp3) is 0.800. The third-order valence-electron chi connectivity index (χ3n) is 6.13. The lowest BCUT2D eigenvalue weighted by Gasteiger charge is -2.32. The Balaban J connectivity index is 1.99. The summed E-state index contributed by atoms with van der Waals surface area (Å²) in [7, 11) is -0.582. The zero-order valence-electron chi connectivity index (χ0n) is 17.5. The Morgan fingerprint density at radius 1 is 1.04 bits per heavy atom. The first-order chi connectivity index (χ1) is 12.2. The predicted molar refractivity (Wildman–Crippen MR) is 103 cm³/mol. The number of alkyl halides is 2. The lowest BCUT2D eigenvalue weighted by molar-refractivity contribution is -0.0384. The summed E-state index contributed by atoms with van der Waals surface area (Å²) >= 11 is 0. The smallest absolute Gasteiger partial charge is 0.399 e. The van der Waals surface area contributed by atoms with Crippen molar-refractivity contribution in [1.29, 1.82) is 0 Å². The van der Waals surface area contributed by atoms with E-state index in [9.17, 15) is 8.78 Å². The Bertz CT molecular complexity index is 690. The van der Waals surface area contributed by atoms with Gasteiger partial charge in [0.2, 0.25) is 5.92 Å². The summed E-state index contributed by atoms with van der Waals surface area (Å²) in [6.07, 6.45) is 2.41. The minimum Gasteiger partial charge on any atom is -0.399 e. The molecule has 150 valence electrons. The first-order valence-electron chi connectivity index (χ1n) is 9.83. The van der Waals surface area contributed by atoms with Gasteiger partial charge in [-0.25, -0.2) is 18.7 Å². The highest BCUT2D eigenvalue weighted by molar-refractivity contribution is 6.62. The normalized spacial score (nSPS) is 25.0. The van der Waals surface area contributed by atoms with E-state index in [1.807, 2.05) is 27.7 Å². The van der Waals surface area contributed by atoms with Crippen LogP contribution in [0.4, 0.5) is 8.78 Å². The Hall–Kier alpha value is -1.08. The molecule has 2 fully saturated rings. The van der Waals surface area contributed by atoms with E-state index in [4.69, 9.17) is 14.3 Å². The minimum absolute atomic E-state index is 0.0252. The molecule has 1 aliphatic heterocycles. The van der Waals surface area contributed by atoms with E-state index in [0.717, 1.165) is 17.0 Å². The summed E-state index contributed by atoms with van der Waals surface area (Å²) in [5.41, 5.74) is 0.414. The molecule has 27 heavy (non-hydrogen) atoms. The minimum atomic E-state index is -2.57. The van der Waals surface area contributed by atoms with Gasteiger partial charge in [-0.05, 0) is 40.5 Å². The molecule has 1 aliphatic carbocycles. The van der Waals surface area contributed by atoms with E-state index >= 15 is 0 Å². The van der Waals surface area contributed by atoms with Gasteiger partial charge in [0.25, 0.3) is 0 Å². The predicted octanol–water partition coefficient (Wildman–Crippen LogP) is 4.37. The van der Waals surface area contributed by atoms with Crippen LogP contribution < -0.4 is 5.46 Å². The fourth-order valence-corrected chi connectivity index (χ4v) is 3.56. The molecule has 1 aromatic heterocycles. The van der Waals surface area contributed by atoms with Crippen LogP contribution in [-0.4, -0.2) is 34.2 Å². The SMILES string of the molecule is CC(C)(C)c1ncc(B2OC(C)(C)C(C)(C)O2)c(C2CCC(F)(F)CC2)n1. The van der Waals surface area contributed by atoms with E-state index in [1.54, 1.807) is 6.20 Å². The Kier molecular flexibility index (Phi) is 4.96. The maximum Gasteiger partial charge on any atom is 0.498 e. The van der Waals surface area contributed by atoms with Gasteiger partial charge >= 0.3 is 7.12 Å². The highest BCUT2D eigenvalue weighted by Gasteiger charge is 2.53. The molecule has 0 spiro atoms. The zero-order valence-corrected chi connectivity index (χ0v) is 17.5. The molecule has 2 heterocycles. The van der Waals surface area contributed by atoms with Gasteiger partial charge in [0.1, 0.15) is 5.82 Å². The molecule has 3 rings (SSSR count). The van der Waals surface area contributed by atoms with Gasteiger partial charge in [-0.3, -0.25) is 0 Å². The Labute approximate surface area is 161 Å². The van der Waals surface area contributed by atoms with Crippen LogP contribution >= 0.6 is 0 Å². The van der Waals surface area contributed by atoms with Crippen LogP contribution in [0.1, 0.15) is 91.6 Å². The molecule has 4 nitrogen and oxygen atoms in total. The highest BCUT2D eigenvalue weighted by Crippen LogP contribution is 2.41.